The van der Waals surface area contributed by atoms with Gasteiger partial charge in [-0.15, -0.1) is 0 Å². The van der Waals surface area contributed by atoms with E-state index in [4.69, 9.17) is 9.84 Å². The molecule has 1 saturated heterocycles. The molecule has 0 spiro atoms. The molecule has 1 aliphatic heterocycles. The van der Waals surface area contributed by atoms with Gasteiger partial charge < -0.3 is 15.2 Å². The molecule has 15 heavy (non-hydrogen) atoms. The Balaban J connectivity index is 2.24. The first-order valence-electron chi connectivity index (χ1n) is 5.35. The third kappa shape index (κ3) is 3.66. The van der Waals surface area contributed by atoms with E-state index < -0.39 is 11.5 Å². The molecule has 2 N–H and O–H groups in total. The lowest BCUT2D eigenvalue weighted by atomic mass is 9.99. The molecule has 1 fully saturated rings. The van der Waals surface area contributed by atoms with E-state index in [1.807, 2.05) is 6.92 Å². The molecule has 88 valence electrons. The summed E-state index contributed by atoms with van der Waals surface area (Å²) in [5.41, 5.74) is -0.684. The Kier molecular flexibility index (Phi) is 5.42. The molecule has 1 aliphatic rings. The van der Waals surface area contributed by atoms with E-state index in [0.717, 1.165) is 25.2 Å². The highest BCUT2D eigenvalue weighted by Gasteiger charge is 2.41. The monoisotopic (exact) mass is 233 g/mol. The number of nitrogens with one attached hydrogen (secondary N) is 1. The minimum atomic E-state index is -0.719. The van der Waals surface area contributed by atoms with Crippen LogP contribution in [0.5, 0.6) is 0 Å². The summed E-state index contributed by atoms with van der Waals surface area (Å²) in [4.78, 5) is 11.1. The smallest absolute Gasteiger partial charge is 0.324 e. The van der Waals surface area contributed by atoms with E-state index in [-0.39, 0.29) is 0 Å². The summed E-state index contributed by atoms with van der Waals surface area (Å²) in [6.45, 7) is 4.10. The van der Waals surface area contributed by atoms with E-state index in [9.17, 15) is 4.79 Å². The number of aliphatic carboxylic acids is 1. The average molecular weight is 233 g/mol. The van der Waals surface area contributed by atoms with Crippen LogP contribution in [0.4, 0.5) is 0 Å². The fraction of sp³-hybridized carbons (Fsp3) is 0.900. The minimum absolute atomic E-state index is 0.678. The van der Waals surface area contributed by atoms with Gasteiger partial charge in [-0.3, -0.25) is 4.79 Å². The highest BCUT2D eigenvalue weighted by atomic mass is 32.2. The van der Waals surface area contributed by atoms with Gasteiger partial charge in [0.15, 0.2) is 0 Å². The molecule has 1 unspecified atom stereocenters. The molecule has 0 aromatic carbocycles. The summed E-state index contributed by atoms with van der Waals surface area (Å²) in [7, 11) is 0. The van der Waals surface area contributed by atoms with Crippen molar-refractivity contribution in [3.63, 3.8) is 0 Å². The zero-order valence-corrected chi connectivity index (χ0v) is 9.94. The predicted molar refractivity (Wildman–Crippen MR) is 61.4 cm³/mol. The van der Waals surface area contributed by atoms with Gasteiger partial charge in [0.1, 0.15) is 5.54 Å². The standard InChI is InChI=1S/C10H19NO3S/c1-2-14-6-3-5-11-10(9(12)13)4-7-15-8-10/h11H,2-8H2,1H3,(H,12,13). The number of hydrogen-bond donors (Lipinski definition) is 2. The van der Waals surface area contributed by atoms with E-state index in [2.05, 4.69) is 5.32 Å². The lowest BCUT2D eigenvalue weighted by molar-refractivity contribution is -0.143. The Bertz CT molecular complexity index is 205. The third-order valence-corrected chi connectivity index (χ3v) is 3.75. The Morgan fingerprint density at radius 2 is 2.47 bits per heavy atom. The topological polar surface area (TPSA) is 58.6 Å². The summed E-state index contributed by atoms with van der Waals surface area (Å²) in [5.74, 6) is 0.894. The molecular formula is C10H19NO3S. The van der Waals surface area contributed by atoms with E-state index in [1.54, 1.807) is 11.8 Å². The molecule has 4 nitrogen and oxygen atoms in total. The molecule has 0 radical (unpaired) electrons. The zero-order valence-electron chi connectivity index (χ0n) is 9.12. The maximum absolute atomic E-state index is 11.1. The van der Waals surface area contributed by atoms with Crippen molar-refractivity contribution in [2.75, 3.05) is 31.3 Å². The quantitative estimate of drug-likeness (QED) is 0.642. The molecule has 5 heteroatoms. The van der Waals surface area contributed by atoms with Crippen molar-refractivity contribution in [1.82, 2.24) is 5.32 Å². The first-order chi connectivity index (χ1) is 7.21. The van der Waals surface area contributed by atoms with E-state index in [0.29, 0.717) is 18.9 Å². The van der Waals surface area contributed by atoms with E-state index >= 15 is 0 Å². The molecule has 0 saturated carbocycles. The molecule has 0 aromatic heterocycles. The van der Waals surface area contributed by atoms with Crippen LogP contribution in [0, 0.1) is 0 Å². The van der Waals surface area contributed by atoms with Crippen molar-refractivity contribution in [3.05, 3.63) is 0 Å². The predicted octanol–water partition coefficient (Wildman–Crippen LogP) is 0.963. The van der Waals surface area contributed by atoms with Crippen molar-refractivity contribution in [1.29, 1.82) is 0 Å². The van der Waals surface area contributed by atoms with Gasteiger partial charge in [0.05, 0.1) is 0 Å². The van der Waals surface area contributed by atoms with Crippen LogP contribution in [0.1, 0.15) is 19.8 Å². The maximum Gasteiger partial charge on any atom is 0.324 e. The molecule has 0 aromatic rings. The lowest BCUT2D eigenvalue weighted by Crippen LogP contribution is -2.52. The summed E-state index contributed by atoms with van der Waals surface area (Å²) in [6, 6.07) is 0. The summed E-state index contributed by atoms with van der Waals surface area (Å²) >= 11 is 1.70. The first kappa shape index (κ1) is 12.8. The van der Waals surface area contributed by atoms with Crippen molar-refractivity contribution < 1.29 is 14.6 Å². The second-order valence-electron chi connectivity index (χ2n) is 3.67. The van der Waals surface area contributed by atoms with Crippen LogP contribution in [0.3, 0.4) is 0 Å². The fourth-order valence-electron chi connectivity index (χ4n) is 1.59. The Labute approximate surface area is 94.8 Å². The lowest BCUT2D eigenvalue weighted by Gasteiger charge is -2.24. The molecule has 0 amide bonds. The molecule has 1 atom stereocenters. The van der Waals surface area contributed by atoms with Crippen LogP contribution in [0.2, 0.25) is 0 Å². The number of rotatable bonds is 7. The summed E-state index contributed by atoms with van der Waals surface area (Å²) in [6.07, 6.45) is 1.59. The SMILES string of the molecule is CCOCCCNC1(C(=O)O)CCSC1. The molecular weight excluding hydrogens is 214 g/mol. The van der Waals surface area contributed by atoms with Crippen LogP contribution < -0.4 is 5.32 Å². The van der Waals surface area contributed by atoms with Crippen LogP contribution in [-0.2, 0) is 9.53 Å². The average Bonchev–Trinajstić information content (AvgIpc) is 2.67. The zero-order chi connectivity index (χ0) is 11.1. The number of carboxylic acids is 1. The molecule has 0 aliphatic carbocycles. The highest BCUT2D eigenvalue weighted by molar-refractivity contribution is 7.99. The number of hydrogen-bond acceptors (Lipinski definition) is 4. The number of carboxylic acid groups (broad SMARTS) is 1. The summed E-state index contributed by atoms with van der Waals surface area (Å²) < 4.78 is 5.20. The van der Waals surface area contributed by atoms with Crippen molar-refractivity contribution >= 4 is 17.7 Å². The fourth-order valence-corrected chi connectivity index (χ4v) is 2.95. The summed E-state index contributed by atoms with van der Waals surface area (Å²) in [5, 5.41) is 12.3. The maximum atomic E-state index is 11.1. The van der Waals surface area contributed by atoms with Crippen molar-refractivity contribution in [2.24, 2.45) is 0 Å². The second kappa shape index (κ2) is 6.35. The Morgan fingerprint density at radius 3 is 3.00 bits per heavy atom. The number of thioether (sulfide) groups is 1. The van der Waals surface area contributed by atoms with Gasteiger partial charge in [0.2, 0.25) is 0 Å². The molecule has 1 rings (SSSR count). The van der Waals surface area contributed by atoms with Gasteiger partial charge in [-0.05, 0) is 32.1 Å². The minimum Gasteiger partial charge on any atom is -0.480 e. The van der Waals surface area contributed by atoms with Gasteiger partial charge in [-0.25, -0.2) is 0 Å². The highest BCUT2D eigenvalue weighted by Crippen LogP contribution is 2.28. The van der Waals surface area contributed by atoms with Crippen LogP contribution in [0.15, 0.2) is 0 Å². The largest absolute Gasteiger partial charge is 0.480 e. The Morgan fingerprint density at radius 1 is 1.67 bits per heavy atom. The van der Waals surface area contributed by atoms with Crippen molar-refractivity contribution in [2.45, 2.75) is 25.3 Å². The van der Waals surface area contributed by atoms with Crippen molar-refractivity contribution in [3.8, 4) is 0 Å². The first-order valence-corrected chi connectivity index (χ1v) is 6.50. The normalized spacial score (nSPS) is 25.7. The van der Waals surface area contributed by atoms with Gasteiger partial charge in [-0.1, -0.05) is 0 Å². The van der Waals surface area contributed by atoms with Crippen LogP contribution in [0.25, 0.3) is 0 Å². The third-order valence-electron chi connectivity index (χ3n) is 2.56. The van der Waals surface area contributed by atoms with Gasteiger partial charge in [0.25, 0.3) is 0 Å². The van der Waals surface area contributed by atoms with Crippen LogP contribution >= 0.6 is 11.8 Å². The number of ether oxygens (including phenoxy) is 1. The molecule has 0 bridgehead atoms. The van der Waals surface area contributed by atoms with Gasteiger partial charge >= 0.3 is 5.97 Å². The second-order valence-corrected chi connectivity index (χ2v) is 4.77. The Hall–Kier alpha value is -0.260. The number of carbonyl (C=O) groups is 1. The molecule has 1 heterocycles. The van der Waals surface area contributed by atoms with Gasteiger partial charge in [0, 0.05) is 19.0 Å². The van der Waals surface area contributed by atoms with Gasteiger partial charge in [-0.2, -0.15) is 11.8 Å². The van der Waals surface area contributed by atoms with E-state index in [1.165, 1.54) is 0 Å². The van der Waals surface area contributed by atoms with Crippen LogP contribution in [-0.4, -0.2) is 47.9 Å².